The largest absolute Gasteiger partial charge is 0.507 e. The number of nitrogens with one attached hydrogen (secondary N) is 1. The lowest BCUT2D eigenvalue weighted by Crippen LogP contribution is -2.52. The Labute approximate surface area is 190 Å². The first-order chi connectivity index (χ1) is 15.8. The molecule has 0 amide bonds. The van der Waals surface area contributed by atoms with Crippen molar-refractivity contribution in [2.45, 2.75) is 37.2 Å². The number of hydrogen-bond donors (Lipinski definition) is 3. The topological polar surface area (TPSA) is 99.2 Å². The highest BCUT2D eigenvalue weighted by Crippen LogP contribution is 2.68. The Balaban J connectivity index is 1.69. The molecule has 0 unspecified atom stereocenters. The van der Waals surface area contributed by atoms with Gasteiger partial charge in [0.1, 0.15) is 17.4 Å². The highest BCUT2D eigenvalue weighted by Gasteiger charge is 2.81. The van der Waals surface area contributed by atoms with E-state index in [0.717, 1.165) is 0 Å². The SMILES string of the molecule is CC(C)[C@@]12O[C@]13c1cc(O)c4c(c1N[C@H]2C#C/C=C\C#C[C@H]3O)C(=O)c1ccccc1C4=O. The Morgan fingerprint density at radius 3 is 2.33 bits per heavy atom. The maximum Gasteiger partial charge on any atom is 0.198 e. The molecule has 2 bridgehead atoms. The number of aromatic hydroxyl groups is 1. The van der Waals surface area contributed by atoms with Crippen LogP contribution in [0.25, 0.3) is 0 Å². The monoisotopic (exact) mass is 437 g/mol. The fourth-order valence-corrected chi connectivity index (χ4v) is 5.63. The van der Waals surface area contributed by atoms with Crippen molar-refractivity contribution in [2.24, 2.45) is 5.92 Å². The molecule has 4 atom stereocenters. The fourth-order valence-electron chi connectivity index (χ4n) is 5.63. The second-order valence-electron chi connectivity index (χ2n) is 8.95. The highest BCUT2D eigenvalue weighted by molar-refractivity contribution is 6.31. The first-order valence-corrected chi connectivity index (χ1v) is 10.8. The molecule has 2 aliphatic heterocycles. The number of aliphatic hydroxyl groups is 1. The molecule has 4 aliphatic rings. The van der Waals surface area contributed by atoms with Crippen LogP contribution in [0.5, 0.6) is 5.75 Å². The summed E-state index contributed by atoms with van der Waals surface area (Å²) < 4.78 is 6.37. The molecule has 2 aromatic rings. The lowest BCUT2D eigenvalue weighted by molar-refractivity contribution is 0.0975. The number of hydrogen-bond acceptors (Lipinski definition) is 6. The third-order valence-corrected chi connectivity index (χ3v) is 7.10. The molecule has 3 N–H and O–H groups in total. The van der Waals surface area contributed by atoms with Gasteiger partial charge in [-0.3, -0.25) is 9.59 Å². The number of rotatable bonds is 1. The van der Waals surface area contributed by atoms with Gasteiger partial charge in [0.2, 0.25) is 0 Å². The number of ketones is 2. The van der Waals surface area contributed by atoms with Crippen LogP contribution in [0, 0.1) is 29.6 Å². The minimum absolute atomic E-state index is 0.0583. The third-order valence-electron chi connectivity index (χ3n) is 7.10. The van der Waals surface area contributed by atoms with E-state index >= 15 is 0 Å². The van der Waals surface area contributed by atoms with Crippen LogP contribution < -0.4 is 5.32 Å². The quantitative estimate of drug-likeness (QED) is 0.307. The molecule has 2 aliphatic carbocycles. The van der Waals surface area contributed by atoms with Crippen molar-refractivity contribution in [3.8, 4) is 29.4 Å². The normalized spacial score (nSPS) is 30.8. The Morgan fingerprint density at radius 2 is 1.67 bits per heavy atom. The van der Waals surface area contributed by atoms with E-state index in [9.17, 15) is 19.8 Å². The average Bonchev–Trinajstić information content (AvgIpc) is 3.53. The lowest BCUT2D eigenvalue weighted by atomic mass is 9.67. The average molecular weight is 437 g/mol. The number of ether oxygens (including phenoxy) is 1. The number of phenolic OH excluding ortho intramolecular Hbond substituents is 1. The van der Waals surface area contributed by atoms with E-state index in [1.165, 1.54) is 6.07 Å². The molecular formula is C27H19NO5. The van der Waals surface area contributed by atoms with E-state index < -0.39 is 29.1 Å². The predicted molar refractivity (Wildman–Crippen MR) is 120 cm³/mol. The molecule has 162 valence electrons. The third kappa shape index (κ3) is 2.22. The van der Waals surface area contributed by atoms with Crippen molar-refractivity contribution in [3.63, 3.8) is 0 Å². The molecule has 0 spiro atoms. The molecular weight excluding hydrogens is 418 g/mol. The van der Waals surface area contributed by atoms with E-state index in [1.54, 1.807) is 36.4 Å². The van der Waals surface area contributed by atoms with Gasteiger partial charge in [0, 0.05) is 16.7 Å². The summed E-state index contributed by atoms with van der Waals surface area (Å²) in [5, 5.41) is 25.5. The number of benzene rings is 2. The Bertz CT molecular complexity index is 1450. The van der Waals surface area contributed by atoms with Crippen LogP contribution in [-0.4, -0.2) is 39.5 Å². The molecule has 2 aromatic carbocycles. The Kier molecular flexibility index (Phi) is 3.82. The minimum atomic E-state index is -1.31. The molecule has 6 nitrogen and oxygen atoms in total. The molecule has 33 heavy (non-hydrogen) atoms. The fraction of sp³-hybridized carbons (Fsp3) is 0.259. The molecule has 0 radical (unpaired) electrons. The predicted octanol–water partition coefficient (Wildman–Crippen LogP) is 2.52. The molecule has 6 heteroatoms. The van der Waals surface area contributed by atoms with Gasteiger partial charge in [0.15, 0.2) is 23.3 Å². The molecule has 0 aromatic heterocycles. The van der Waals surface area contributed by atoms with Gasteiger partial charge in [0.25, 0.3) is 0 Å². The smallest absolute Gasteiger partial charge is 0.198 e. The van der Waals surface area contributed by atoms with E-state index in [-0.39, 0.29) is 39.7 Å². The first kappa shape index (κ1) is 19.8. The number of phenols is 1. The maximum atomic E-state index is 13.6. The summed E-state index contributed by atoms with van der Waals surface area (Å²) in [5.41, 5.74) is -0.984. The number of epoxide rings is 1. The van der Waals surface area contributed by atoms with Gasteiger partial charge < -0.3 is 20.3 Å². The zero-order valence-corrected chi connectivity index (χ0v) is 17.9. The van der Waals surface area contributed by atoms with E-state index in [4.69, 9.17) is 4.74 Å². The maximum absolute atomic E-state index is 13.6. The van der Waals surface area contributed by atoms with Crippen LogP contribution in [-0.2, 0) is 10.3 Å². The Hall–Kier alpha value is -3.84. The summed E-state index contributed by atoms with van der Waals surface area (Å²) in [5.74, 6) is 10.5. The lowest BCUT2D eigenvalue weighted by Gasteiger charge is -2.38. The molecule has 1 fully saturated rings. The molecule has 2 heterocycles. The van der Waals surface area contributed by atoms with E-state index in [1.807, 2.05) is 13.8 Å². The second kappa shape index (κ2) is 6.36. The molecule has 0 saturated carbocycles. The van der Waals surface area contributed by atoms with Crippen LogP contribution in [0.2, 0.25) is 0 Å². The first-order valence-electron chi connectivity index (χ1n) is 10.8. The zero-order chi connectivity index (χ0) is 23.1. The summed E-state index contributed by atoms with van der Waals surface area (Å²) in [7, 11) is 0. The van der Waals surface area contributed by atoms with Gasteiger partial charge in [-0.1, -0.05) is 61.8 Å². The number of carbonyl (C=O) groups is 2. The molecule has 1 saturated heterocycles. The summed E-state index contributed by atoms with van der Waals surface area (Å²) >= 11 is 0. The van der Waals surface area contributed by atoms with Crippen molar-refractivity contribution in [3.05, 3.63) is 70.3 Å². The van der Waals surface area contributed by atoms with Crippen LogP contribution >= 0.6 is 0 Å². The summed E-state index contributed by atoms with van der Waals surface area (Å²) in [6.45, 7) is 3.93. The van der Waals surface area contributed by atoms with Crippen molar-refractivity contribution in [2.75, 3.05) is 5.32 Å². The number of carbonyl (C=O) groups excluding carboxylic acids is 2. The van der Waals surface area contributed by atoms with Crippen LogP contribution in [0.15, 0.2) is 42.5 Å². The zero-order valence-electron chi connectivity index (χ0n) is 17.9. The van der Waals surface area contributed by atoms with Crippen molar-refractivity contribution < 1.29 is 24.5 Å². The Morgan fingerprint density at radius 1 is 1.03 bits per heavy atom. The van der Waals surface area contributed by atoms with Crippen molar-refractivity contribution in [1.29, 1.82) is 0 Å². The highest BCUT2D eigenvalue weighted by atomic mass is 16.6. The van der Waals surface area contributed by atoms with Crippen LogP contribution in [0.3, 0.4) is 0 Å². The van der Waals surface area contributed by atoms with Crippen LogP contribution in [0.4, 0.5) is 5.69 Å². The van der Waals surface area contributed by atoms with Crippen molar-refractivity contribution in [1.82, 2.24) is 0 Å². The number of allylic oxidation sites excluding steroid dienone is 2. The standard InChI is InChI=1S/C27H19NO5/c1-14(2)26-19-11-5-3-4-6-12-20(30)27(26,33-26)17-13-18(29)21-22(23(17)28-19)25(32)16-10-8-7-9-15(16)24(21)31/h3-4,7-10,13-14,19-20,28-30H,1-2H3/b4-3-/t19-,20+,26-,27-/m0/s1. The summed E-state index contributed by atoms with van der Waals surface area (Å²) in [6.07, 6.45) is 1.90. The van der Waals surface area contributed by atoms with Gasteiger partial charge in [0.05, 0.1) is 16.8 Å². The number of fused-ring (bicyclic) bond motifs is 4. The molecule has 6 rings (SSSR count). The van der Waals surface area contributed by atoms with Gasteiger partial charge in [-0.2, -0.15) is 0 Å². The van der Waals surface area contributed by atoms with E-state index in [2.05, 4.69) is 29.0 Å². The van der Waals surface area contributed by atoms with Gasteiger partial charge >= 0.3 is 0 Å². The van der Waals surface area contributed by atoms with Gasteiger partial charge in [-0.15, -0.1) is 0 Å². The van der Waals surface area contributed by atoms with E-state index in [0.29, 0.717) is 11.3 Å². The van der Waals surface area contributed by atoms with Gasteiger partial charge in [-0.25, -0.2) is 0 Å². The second-order valence-corrected chi connectivity index (χ2v) is 8.95. The van der Waals surface area contributed by atoms with Gasteiger partial charge in [-0.05, 0) is 24.1 Å². The number of anilines is 1. The minimum Gasteiger partial charge on any atom is -0.507 e. The summed E-state index contributed by atoms with van der Waals surface area (Å²) in [4.78, 5) is 26.9. The summed E-state index contributed by atoms with van der Waals surface area (Å²) in [6, 6.07) is 7.38. The van der Waals surface area contributed by atoms with Crippen molar-refractivity contribution >= 4 is 17.3 Å². The van der Waals surface area contributed by atoms with Crippen LogP contribution in [0.1, 0.15) is 51.3 Å². The number of aliphatic hydroxyl groups excluding tert-OH is 1.